The second-order valence-corrected chi connectivity index (χ2v) is 4.17. The third-order valence-corrected chi connectivity index (χ3v) is 3.05. The first-order valence-electron chi connectivity index (χ1n) is 4.75. The molecule has 2 aromatic rings. The summed E-state index contributed by atoms with van der Waals surface area (Å²) in [6.45, 7) is 0. The van der Waals surface area contributed by atoms with Crippen LogP contribution in [0.15, 0.2) is 17.5 Å². The molecule has 0 fully saturated rings. The molecule has 1 heterocycles. The fraction of sp³-hybridized carbons (Fsp3) is 0.0909. The standard InChI is InChI=1S/C11H7F2NO3S/c1-17-5-2-6(12)9(7(13)3-5)10-14-8(4-18-10)11(15)16/h2-4H,1H3,(H,15,16). The number of methoxy groups -OCH3 is 1. The van der Waals surface area contributed by atoms with Gasteiger partial charge in [0.2, 0.25) is 0 Å². The Balaban J connectivity index is 2.53. The van der Waals surface area contributed by atoms with Crippen LogP contribution in [-0.4, -0.2) is 23.2 Å². The summed E-state index contributed by atoms with van der Waals surface area (Å²) in [5.41, 5.74) is -0.599. The van der Waals surface area contributed by atoms with Gasteiger partial charge < -0.3 is 9.84 Å². The Kier molecular flexibility index (Phi) is 3.24. The van der Waals surface area contributed by atoms with E-state index in [1.807, 2.05) is 0 Å². The van der Waals surface area contributed by atoms with E-state index in [0.717, 1.165) is 23.5 Å². The molecule has 0 aliphatic heterocycles. The number of carboxylic acid groups (broad SMARTS) is 1. The van der Waals surface area contributed by atoms with Crippen molar-refractivity contribution in [3.8, 4) is 16.3 Å². The molecule has 2 rings (SSSR count). The van der Waals surface area contributed by atoms with Crippen molar-refractivity contribution in [1.29, 1.82) is 0 Å². The molecule has 0 saturated carbocycles. The second-order valence-electron chi connectivity index (χ2n) is 3.31. The molecule has 0 atom stereocenters. The number of hydrogen-bond acceptors (Lipinski definition) is 4. The predicted molar refractivity (Wildman–Crippen MR) is 61.0 cm³/mol. The van der Waals surface area contributed by atoms with Gasteiger partial charge in [-0.25, -0.2) is 18.6 Å². The molecular weight excluding hydrogens is 264 g/mol. The van der Waals surface area contributed by atoms with E-state index in [4.69, 9.17) is 9.84 Å². The molecular formula is C11H7F2NO3S. The number of carboxylic acids is 1. The predicted octanol–water partition coefficient (Wildman–Crippen LogP) is 2.80. The highest BCUT2D eigenvalue weighted by Crippen LogP contribution is 2.31. The summed E-state index contributed by atoms with van der Waals surface area (Å²) in [6.07, 6.45) is 0. The number of nitrogens with zero attached hydrogens (tertiary/aromatic N) is 1. The number of carbonyl (C=O) groups is 1. The van der Waals surface area contributed by atoms with Gasteiger partial charge in [0.25, 0.3) is 0 Å². The lowest BCUT2D eigenvalue weighted by Crippen LogP contribution is -1.97. The molecule has 1 aromatic heterocycles. The molecule has 1 aromatic carbocycles. The van der Waals surface area contributed by atoms with E-state index in [1.165, 1.54) is 12.5 Å². The number of hydrogen-bond donors (Lipinski definition) is 1. The SMILES string of the molecule is COc1cc(F)c(-c2nc(C(=O)O)cs2)c(F)c1. The third kappa shape index (κ3) is 2.17. The maximum atomic E-state index is 13.7. The van der Waals surface area contributed by atoms with Crippen molar-refractivity contribution in [1.82, 2.24) is 4.98 Å². The molecule has 4 nitrogen and oxygen atoms in total. The number of ether oxygens (including phenoxy) is 1. The lowest BCUT2D eigenvalue weighted by Gasteiger charge is -2.04. The highest BCUT2D eigenvalue weighted by molar-refractivity contribution is 7.13. The Morgan fingerprint density at radius 3 is 2.44 bits per heavy atom. The van der Waals surface area contributed by atoms with E-state index in [9.17, 15) is 13.6 Å². The molecule has 0 spiro atoms. The van der Waals surface area contributed by atoms with Gasteiger partial charge in [0.05, 0.1) is 12.7 Å². The van der Waals surface area contributed by atoms with Crippen LogP contribution in [0.4, 0.5) is 8.78 Å². The van der Waals surface area contributed by atoms with Crippen molar-refractivity contribution in [3.63, 3.8) is 0 Å². The van der Waals surface area contributed by atoms with Gasteiger partial charge in [-0.1, -0.05) is 0 Å². The minimum atomic E-state index is -1.24. The molecule has 0 radical (unpaired) electrons. The van der Waals surface area contributed by atoms with Gasteiger partial charge in [0.15, 0.2) is 5.69 Å². The Hall–Kier alpha value is -2.02. The minimum absolute atomic E-state index is 0.0231. The molecule has 1 N–H and O–H groups in total. The normalized spacial score (nSPS) is 10.4. The summed E-state index contributed by atoms with van der Waals surface area (Å²) in [6, 6.07) is 2.03. The monoisotopic (exact) mass is 271 g/mol. The largest absolute Gasteiger partial charge is 0.497 e. The van der Waals surface area contributed by atoms with Crippen LogP contribution in [0.2, 0.25) is 0 Å². The van der Waals surface area contributed by atoms with Crippen LogP contribution < -0.4 is 4.74 Å². The van der Waals surface area contributed by atoms with Crippen molar-refractivity contribution in [2.24, 2.45) is 0 Å². The summed E-state index contributed by atoms with van der Waals surface area (Å²) >= 11 is 0.860. The van der Waals surface area contributed by atoms with Gasteiger partial charge in [0.1, 0.15) is 22.4 Å². The van der Waals surface area contributed by atoms with Crippen LogP contribution in [0.25, 0.3) is 10.6 Å². The smallest absolute Gasteiger partial charge is 0.355 e. The third-order valence-electron chi connectivity index (χ3n) is 2.19. The van der Waals surface area contributed by atoms with Crippen molar-refractivity contribution in [2.45, 2.75) is 0 Å². The summed E-state index contributed by atoms with van der Waals surface area (Å²) < 4.78 is 32.1. The molecule has 0 aliphatic carbocycles. The maximum Gasteiger partial charge on any atom is 0.355 e. The number of aromatic carboxylic acids is 1. The fourth-order valence-electron chi connectivity index (χ4n) is 1.36. The number of benzene rings is 1. The Morgan fingerprint density at radius 1 is 1.39 bits per heavy atom. The first-order valence-corrected chi connectivity index (χ1v) is 5.63. The van der Waals surface area contributed by atoms with E-state index in [0.29, 0.717) is 0 Å². The molecule has 0 saturated heterocycles. The van der Waals surface area contributed by atoms with Gasteiger partial charge in [-0.15, -0.1) is 11.3 Å². The van der Waals surface area contributed by atoms with Gasteiger partial charge in [-0.2, -0.15) is 0 Å². The van der Waals surface area contributed by atoms with Crippen LogP contribution in [-0.2, 0) is 0 Å². The van der Waals surface area contributed by atoms with Gasteiger partial charge >= 0.3 is 5.97 Å². The fourth-order valence-corrected chi connectivity index (χ4v) is 2.20. The number of halogens is 2. The van der Waals surface area contributed by atoms with Crippen LogP contribution >= 0.6 is 11.3 Å². The average Bonchev–Trinajstić information content (AvgIpc) is 2.77. The first-order chi connectivity index (χ1) is 8.52. The zero-order valence-corrected chi connectivity index (χ0v) is 9.92. The molecule has 0 aliphatic rings. The van der Waals surface area contributed by atoms with E-state index in [-0.39, 0.29) is 22.0 Å². The Labute approximate surface area is 104 Å². The average molecular weight is 271 g/mol. The highest BCUT2D eigenvalue weighted by atomic mass is 32.1. The summed E-state index contributed by atoms with van der Waals surface area (Å²) in [7, 11) is 1.29. The number of rotatable bonds is 3. The van der Waals surface area contributed by atoms with Gasteiger partial charge in [-0.05, 0) is 0 Å². The minimum Gasteiger partial charge on any atom is -0.497 e. The van der Waals surface area contributed by atoms with Crippen LogP contribution in [0.5, 0.6) is 5.75 Å². The zero-order valence-electron chi connectivity index (χ0n) is 9.11. The van der Waals surface area contributed by atoms with Crippen molar-refractivity contribution >= 4 is 17.3 Å². The zero-order chi connectivity index (χ0) is 13.3. The Bertz CT molecular complexity index is 589. The molecule has 0 amide bonds. The van der Waals surface area contributed by atoms with Crippen molar-refractivity contribution in [3.05, 3.63) is 34.8 Å². The van der Waals surface area contributed by atoms with Gasteiger partial charge in [0, 0.05) is 17.5 Å². The van der Waals surface area contributed by atoms with Gasteiger partial charge in [-0.3, -0.25) is 0 Å². The second kappa shape index (κ2) is 4.69. The van der Waals surface area contributed by atoms with E-state index in [1.54, 1.807) is 0 Å². The Morgan fingerprint density at radius 2 is 2.00 bits per heavy atom. The van der Waals surface area contributed by atoms with Crippen LogP contribution in [0.1, 0.15) is 10.5 Å². The number of aromatic nitrogens is 1. The van der Waals surface area contributed by atoms with Crippen molar-refractivity contribution < 1.29 is 23.4 Å². The lowest BCUT2D eigenvalue weighted by molar-refractivity contribution is 0.0691. The summed E-state index contributed by atoms with van der Waals surface area (Å²) in [4.78, 5) is 14.3. The molecule has 0 unspecified atom stereocenters. The van der Waals surface area contributed by atoms with E-state index < -0.39 is 17.6 Å². The highest BCUT2D eigenvalue weighted by Gasteiger charge is 2.18. The molecule has 18 heavy (non-hydrogen) atoms. The lowest BCUT2D eigenvalue weighted by atomic mass is 10.2. The summed E-state index contributed by atoms with van der Waals surface area (Å²) in [5, 5.41) is 9.90. The topological polar surface area (TPSA) is 59.4 Å². The first kappa shape index (κ1) is 12.4. The molecule has 94 valence electrons. The van der Waals surface area contributed by atoms with Crippen LogP contribution in [0.3, 0.4) is 0 Å². The quantitative estimate of drug-likeness (QED) is 0.932. The van der Waals surface area contributed by atoms with E-state index in [2.05, 4.69) is 4.98 Å². The molecule has 7 heteroatoms. The summed E-state index contributed by atoms with van der Waals surface area (Å²) in [5.74, 6) is -2.90. The maximum absolute atomic E-state index is 13.7. The van der Waals surface area contributed by atoms with E-state index >= 15 is 0 Å². The van der Waals surface area contributed by atoms with Crippen molar-refractivity contribution in [2.75, 3.05) is 7.11 Å². The number of thiazole rings is 1. The van der Waals surface area contributed by atoms with Crippen LogP contribution in [0, 0.1) is 11.6 Å². The molecule has 0 bridgehead atoms.